The second kappa shape index (κ2) is 9.76. The van der Waals surface area contributed by atoms with Gasteiger partial charge in [0, 0.05) is 65.1 Å². The van der Waals surface area contributed by atoms with Crippen molar-refractivity contribution in [2.24, 2.45) is 12.0 Å². The van der Waals surface area contributed by atoms with Gasteiger partial charge in [0.25, 0.3) is 0 Å². The predicted molar refractivity (Wildman–Crippen MR) is 112 cm³/mol. The van der Waals surface area contributed by atoms with E-state index in [4.69, 9.17) is 0 Å². The Bertz CT molecular complexity index is 661. The van der Waals surface area contributed by atoms with Gasteiger partial charge in [-0.1, -0.05) is 30.3 Å². The molecule has 0 bridgehead atoms. The van der Waals surface area contributed by atoms with Gasteiger partial charge in [-0.25, -0.2) is 0 Å². The Kier molecular flexibility index (Phi) is 7.70. The Balaban J connectivity index is 0.00000225. The summed E-state index contributed by atoms with van der Waals surface area (Å²) in [5.74, 6) is 0.971. The summed E-state index contributed by atoms with van der Waals surface area (Å²) in [5, 5.41) is 7.64. The van der Waals surface area contributed by atoms with Crippen LogP contribution in [0.15, 0.2) is 47.7 Å². The maximum Gasteiger partial charge on any atom is 0.194 e. The molecule has 1 aliphatic heterocycles. The normalized spacial score (nSPS) is 15.8. The molecule has 1 aromatic heterocycles. The summed E-state index contributed by atoms with van der Waals surface area (Å²) in [5.41, 5.74) is 2.55. The zero-order valence-corrected chi connectivity index (χ0v) is 17.3. The van der Waals surface area contributed by atoms with Crippen LogP contribution < -0.4 is 5.32 Å². The molecule has 1 aliphatic rings. The third kappa shape index (κ3) is 5.71. The second-order valence-electron chi connectivity index (χ2n) is 6.17. The summed E-state index contributed by atoms with van der Waals surface area (Å²) < 4.78 is 1.82. The lowest BCUT2D eigenvalue weighted by Crippen LogP contribution is -2.52. The molecular weight excluding hydrogens is 427 g/mol. The number of halogens is 1. The van der Waals surface area contributed by atoms with Crippen molar-refractivity contribution in [3.63, 3.8) is 0 Å². The highest BCUT2D eigenvalue weighted by molar-refractivity contribution is 14.0. The van der Waals surface area contributed by atoms with Gasteiger partial charge in [-0.2, -0.15) is 5.10 Å². The van der Waals surface area contributed by atoms with Crippen molar-refractivity contribution in [2.75, 3.05) is 33.2 Å². The molecule has 0 amide bonds. The fourth-order valence-electron chi connectivity index (χ4n) is 3.04. The molecule has 2 aromatic rings. The van der Waals surface area contributed by atoms with E-state index in [1.54, 1.807) is 0 Å². The number of benzene rings is 1. The van der Waals surface area contributed by atoms with Gasteiger partial charge in [0.2, 0.25) is 0 Å². The van der Waals surface area contributed by atoms with Crippen LogP contribution in [-0.4, -0.2) is 58.8 Å². The van der Waals surface area contributed by atoms with E-state index in [0.717, 1.165) is 45.2 Å². The molecule has 6 nitrogen and oxygen atoms in total. The van der Waals surface area contributed by atoms with Gasteiger partial charge in [-0.3, -0.25) is 14.6 Å². The van der Waals surface area contributed by atoms with E-state index in [0.29, 0.717) is 0 Å². The summed E-state index contributed by atoms with van der Waals surface area (Å²) in [7, 11) is 3.78. The van der Waals surface area contributed by atoms with Crippen LogP contribution >= 0.6 is 24.0 Å². The van der Waals surface area contributed by atoms with E-state index in [-0.39, 0.29) is 24.0 Å². The number of aliphatic imine (C=N–C) groups is 1. The summed E-state index contributed by atoms with van der Waals surface area (Å²) in [4.78, 5) is 9.26. The van der Waals surface area contributed by atoms with Crippen LogP contribution in [0.1, 0.15) is 11.1 Å². The van der Waals surface area contributed by atoms with Crippen molar-refractivity contribution in [1.82, 2.24) is 24.9 Å². The Morgan fingerprint density at radius 2 is 1.84 bits per heavy atom. The van der Waals surface area contributed by atoms with E-state index in [1.165, 1.54) is 11.1 Å². The minimum atomic E-state index is 0. The van der Waals surface area contributed by atoms with Gasteiger partial charge in [0.15, 0.2) is 5.96 Å². The minimum Gasteiger partial charge on any atom is -0.352 e. The molecule has 0 radical (unpaired) electrons. The second-order valence-corrected chi connectivity index (χ2v) is 6.17. The van der Waals surface area contributed by atoms with E-state index >= 15 is 0 Å². The van der Waals surface area contributed by atoms with E-state index < -0.39 is 0 Å². The van der Waals surface area contributed by atoms with Gasteiger partial charge in [-0.15, -0.1) is 24.0 Å². The van der Waals surface area contributed by atoms with Crippen LogP contribution in [0.2, 0.25) is 0 Å². The molecular formula is C18H27IN6. The molecule has 3 rings (SSSR count). The SMILES string of the molecule is CN=C(NCc1cnn(C)c1)N1CCN(Cc2ccccc2)CC1.I. The number of hydrogen-bond acceptors (Lipinski definition) is 3. The lowest BCUT2D eigenvalue weighted by atomic mass is 10.2. The maximum absolute atomic E-state index is 4.43. The number of nitrogens with one attached hydrogen (secondary N) is 1. The van der Waals surface area contributed by atoms with Crippen molar-refractivity contribution in [1.29, 1.82) is 0 Å². The lowest BCUT2D eigenvalue weighted by molar-refractivity contribution is 0.172. The molecule has 1 saturated heterocycles. The fourth-order valence-corrected chi connectivity index (χ4v) is 3.04. The highest BCUT2D eigenvalue weighted by Crippen LogP contribution is 2.08. The van der Waals surface area contributed by atoms with Gasteiger partial charge >= 0.3 is 0 Å². The molecule has 1 aromatic carbocycles. The molecule has 7 heteroatoms. The molecule has 25 heavy (non-hydrogen) atoms. The van der Waals surface area contributed by atoms with Crippen LogP contribution in [0.5, 0.6) is 0 Å². The summed E-state index contributed by atoms with van der Waals surface area (Å²) in [6.45, 7) is 5.89. The predicted octanol–water partition coefficient (Wildman–Crippen LogP) is 1.93. The van der Waals surface area contributed by atoms with Crippen LogP contribution in [0.4, 0.5) is 0 Å². The topological polar surface area (TPSA) is 48.7 Å². The van der Waals surface area contributed by atoms with Crippen LogP contribution in [0.3, 0.4) is 0 Å². The zero-order chi connectivity index (χ0) is 16.8. The van der Waals surface area contributed by atoms with Crippen molar-refractivity contribution < 1.29 is 0 Å². The Morgan fingerprint density at radius 3 is 2.44 bits per heavy atom. The molecule has 0 spiro atoms. The molecule has 2 heterocycles. The number of guanidine groups is 1. The average Bonchev–Trinajstić information content (AvgIpc) is 3.03. The smallest absolute Gasteiger partial charge is 0.194 e. The van der Waals surface area contributed by atoms with Gasteiger partial charge in [-0.05, 0) is 5.56 Å². The lowest BCUT2D eigenvalue weighted by Gasteiger charge is -2.36. The maximum atomic E-state index is 4.43. The molecule has 1 fully saturated rings. The number of aromatic nitrogens is 2. The first kappa shape index (κ1) is 19.7. The number of rotatable bonds is 4. The highest BCUT2D eigenvalue weighted by atomic mass is 127. The third-order valence-electron chi connectivity index (χ3n) is 4.34. The zero-order valence-electron chi connectivity index (χ0n) is 14.9. The molecule has 0 aliphatic carbocycles. The number of aryl methyl sites for hydroxylation is 1. The summed E-state index contributed by atoms with van der Waals surface area (Å²) >= 11 is 0. The van der Waals surface area contributed by atoms with Crippen LogP contribution in [0, 0.1) is 0 Å². The van der Waals surface area contributed by atoms with Crippen LogP contribution in [0.25, 0.3) is 0 Å². The fraction of sp³-hybridized carbons (Fsp3) is 0.444. The molecule has 0 unspecified atom stereocenters. The third-order valence-corrected chi connectivity index (χ3v) is 4.34. The average molecular weight is 454 g/mol. The monoisotopic (exact) mass is 454 g/mol. The molecule has 1 N–H and O–H groups in total. The molecule has 0 saturated carbocycles. The van der Waals surface area contributed by atoms with E-state index in [1.807, 2.05) is 31.2 Å². The van der Waals surface area contributed by atoms with Gasteiger partial charge in [0.1, 0.15) is 0 Å². The number of hydrogen-bond donors (Lipinski definition) is 1. The Morgan fingerprint density at radius 1 is 1.12 bits per heavy atom. The van der Waals surface area contributed by atoms with Crippen LogP contribution in [-0.2, 0) is 20.1 Å². The highest BCUT2D eigenvalue weighted by Gasteiger charge is 2.19. The Hall–Kier alpha value is -1.61. The van der Waals surface area contributed by atoms with Crippen molar-refractivity contribution in [3.05, 3.63) is 53.9 Å². The molecule has 136 valence electrons. The minimum absolute atomic E-state index is 0. The summed E-state index contributed by atoms with van der Waals surface area (Å²) in [6.07, 6.45) is 3.91. The number of piperazine rings is 1. The quantitative estimate of drug-likeness (QED) is 0.436. The van der Waals surface area contributed by atoms with Crippen molar-refractivity contribution >= 4 is 29.9 Å². The van der Waals surface area contributed by atoms with E-state index in [2.05, 4.69) is 55.5 Å². The first-order chi connectivity index (χ1) is 11.7. The largest absolute Gasteiger partial charge is 0.352 e. The summed E-state index contributed by atoms with van der Waals surface area (Å²) in [6, 6.07) is 10.7. The Labute approximate surface area is 166 Å². The van der Waals surface area contributed by atoms with Crippen molar-refractivity contribution in [3.8, 4) is 0 Å². The van der Waals surface area contributed by atoms with Gasteiger partial charge < -0.3 is 10.2 Å². The first-order valence-corrected chi connectivity index (χ1v) is 8.44. The van der Waals surface area contributed by atoms with Gasteiger partial charge in [0.05, 0.1) is 6.20 Å². The first-order valence-electron chi connectivity index (χ1n) is 8.44. The van der Waals surface area contributed by atoms with E-state index in [9.17, 15) is 0 Å². The molecule has 0 atom stereocenters. The van der Waals surface area contributed by atoms with Crippen molar-refractivity contribution in [2.45, 2.75) is 13.1 Å². The number of nitrogens with zero attached hydrogens (tertiary/aromatic N) is 5. The standard InChI is InChI=1S/C18H26N6.HI/c1-19-18(20-12-17-13-21-22(2)14-17)24-10-8-23(9-11-24)15-16-6-4-3-5-7-16;/h3-7,13-14H,8-12,15H2,1-2H3,(H,19,20);1H.